The van der Waals surface area contributed by atoms with Crippen LogP contribution in [0.25, 0.3) is 0 Å². The second-order valence-electron chi connectivity index (χ2n) is 10.4. The number of carbonyl (C=O) groups is 1. The van der Waals surface area contributed by atoms with Gasteiger partial charge < -0.3 is 10.2 Å². The van der Waals surface area contributed by atoms with Gasteiger partial charge in [-0.05, 0) is 101 Å². The number of carbonyl (C=O) groups excluding carboxylic acids is 1. The monoisotopic (exact) mass is 524 g/mol. The van der Waals surface area contributed by atoms with Crippen LogP contribution in [-0.2, 0) is 35.9 Å². The molecule has 1 aromatic heterocycles. The predicted molar refractivity (Wildman–Crippen MR) is 144 cm³/mol. The van der Waals surface area contributed by atoms with Crippen molar-refractivity contribution in [1.29, 1.82) is 0 Å². The van der Waals surface area contributed by atoms with E-state index in [9.17, 15) is 13.2 Å². The van der Waals surface area contributed by atoms with Gasteiger partial charge in [-0.15, -0.1) is 0 Å². The van der Waals surface area contributed by atoms with Crippen LogP contribution in [-0.4, -0.2) is 84.9 Å². The topological polar surface area (TPSA) is 99.6 Å². The summed E-state index contributed by atoms with van der Waals surface area (Å²) in [5, 5.41) is 7.31. The van der Waals surface area contributed by atoms with Gasteiger partial charge in [-0.25, -0.2) is 13.8 Å². The van der Waals surface area contributed by atoms with Crippen LogP contribution in [0, 0.1) is 0 Å². The normalized spacial score (nSPS) is 19.5. The number of hydrogen-bond acceptors (Lipinski definition) is 5. The summed E-state index contributed by atoms with van der Waals surface area (Å²) in [6.45, 7) is 5.50. The first-order valence-electron chi connectivity index (χ1n) is 12.8. The molecule has 0 radical (unpaired) electrons. The number of hydrogen-bond donors (Lipinski definition) is 2. The van der Waals surface area contributed by atoms with Gasteiger partial charge in [0.15, 0.2) is 0 Å². The molecule has 1 aromatic carbocycles. The molecule has 1 fully saturated rings. The van der Waals surface area contributed by atoms with E-state index in [1.807, 2.05) is 20.9 Å². The Hall–Kier alpha value is -1.59. The number of fused-ring (bicyclic) bond motifs is 2. The van der Waals surface area contributed by atoms with Crippen LogP contribution >= 0.6 is 0 Å². The van der Waals surface area contributed by atoms with E-state index in [1.165, 1.54) is 26.6 Å². The van der Waals surface area contributed by atoms with E-state index < -0.39 is 16.2 Å². The molecule has 2 aliphatic carbocycles. The summed E-state index contributed by atoms with van der Waals surface area (Å²) in [7, 11) is -2.18. The van der Waals surface area contributed by atoms with Crippen molar-refractivity contribution in [2.24, 2.45) is 0 Å². The quantitative estimate of drug-likeness (QED) is 0.566. The van der Waals surface area contributed by atoms with Crippen LogP contribution in [0.1, 0.15) is 67.8 Å². The van der Waals surface area contributed by atoms with Gasteiger partial charge in [-0.2, -0.15) is 13.5 Å². The van der Waals surface area contributed by atoms with Crippen LogP contribution < -0.4 is 14.3 Å². The number of urea groups is 1. The van der Waals surface area contributed by atoms with Gasteiger partial charge in [0.1, 0.15) is 0 Å². The molecule has 1 saturated heterocycles. The third-order valence-corrected chi connectivity index (χ3v) is 8.97. The molecule has 1 atom stereocenters. The Labute approximate surface area is 236 Å². The van der Waals surface area contributed by atoms with Crippen molar-refractivity contribution in [3.63, 3.8) is 0 Å². The molecule has 2 amide bonds. The first-order valence-corrected chi connectivity index (χ1v) is 14.2. The third-order valence-electron chi connectivity index (χ3n) is 7.49. The Bertz CT molecular complexity index is 1200. The molecular formula is C25H37N6NaO3S. The van der Waals surface area contributed by atoms with Crippen molar-refractivity contribution < 1.29 is 13.2 Å². The van der Waals surface area contributed by atoms with E-state index in [0.717, 1.165) is 63.6 Å². The number of aromatic nitrogens is 2. The van der Waals surface area contributed by atoms with Crippen LogP contribution in [0.5, 0.6) is 0 Å². The summed E-state index contributed by atoms with van der Waals surface area (Å²) >= 11 is 0. The molecule has 0 spiro atoms. The summed E-state index contributed by atoms with van der Waals surface area (Å²) in [5.41, 5.74) is 6.22. The first kappa shape index (κ1) is 27.4. The van der Waals surface area contributed by atoms with E-state index in [-0.39, 0.29) is 41.6 Å². The standard InChI is InChI=1S/C25H36N6O3S.Na.H/c1-17(2)30-16-21(14-26-30)31(20-9-6-12-29(3)15-20)35(33,34)28-25(32)27-24-22-10-4-7-18(22)13-19-8-5-11-23(19)24;;/h13-14,16-17,20H,4-12,15H2,1-3H3,(H2,27,28,32);;. The van der Waals surface area contributed by atoms with Gasteiger partial charge in [0.2, 0.25) is 0 Å². The number of benzene rings is 1. The maximum atomic E-state index is 13.7. The fraction of sp³-hybridized carbons (Fsp3) is 0.600. The molecule has 9 nitrogen and oxygen atoms in total. The molecule has 0 saturated carbocycles. The summed E-state index contributed by atoms with van der Waals surface area (Å²) < 4.78 is 32.8. The van der Waals surface area contributed by atoms with E-state index in [1.54, 1.807) is 17.1 Å². The minimum absolute atomic E-state index is 0. The molecule has 2 N–H and O–H groups in total. The van der Waals surface area contributed by atoms with E-state index >= 15 is 0 Å². The number of likely N-dealkylation sites (tertiary alicyclic amines) is 1. The Balaban J connectivity index is 0.00000304. The molecule has 2 heterocycles. The fourth-order valence-electron chi connectivity index (χ4n) is 5.87. The second kappa shape index (κ2) is 11.0. The number of rotatable bonds is 6. The van der Waals surface area contributed by atoms with Crippen LogP contribution in [0.2, 0.25) is 0 Å². The van der Waals surface area contributed by atoms with Crippen molar-refractivity contribution in [2.75, 3.05) is 29.8 Å². The number of amides is 2. The van der Waals surface area contributed by atoms with Gasteiger partial charge in [0.05, 0.1) is 17.9 Å². The summed E-state index contributed by atoms with van der Waals surface area (Å²) in [6, 6.07) is 1.40. The van der Waals surface area contributed by atoms with Crippen molar-refractivity contribution >= 4 is 57.2 Å². The van der Waals surface area contributed by atoms with Gasteiger partial charge in [0, 0.05) is 24.5 Å². The molecule has 11 heteroatoms. The number of aryl methyl sites for hydroxylation is 2. The minimum atomic E-state index is -4.17. The Morgan fingerprint density at radius 2 is 1.78 bits per heavy atom. The maximum absolute atomic E-state index is 13.7. The van der Waals surface area contributed by atoms with Crippen molar-refractivity contribution in [1.82, 2.24) is 19.4 Å². The zero-order chi connectivity index (χ0) is 24.7. The van der Waals surface area contributed by atoms with Crippen molar-refractivity contribution in [2.45, 2.75) is 77.3 Å². The van der Waals surface area contributed by atoms with Gasteiger partial charge >= 0.3 is 45.8 Å². The number of likely N-dealkylation sites (N-methyl/N-ethyl adjacent to an activating group) is 1. The number of nitrogens with one attached hydrogen (secondary N) is 2. The van der Waals surface area contributed by atoms with Crippen molar-refractivity contribution in [3.8, 4) is 0 Å². The molecule has 192 valence electrons. The van der Waals surface area contributed by atoms with E-state index in [0.29, 0.717) is 12.2 Å². The van der Waals surface area contributed by atoms with Gasteiger partial charge in [-0.1, -0.05) is 6.07 Å². The van der Waals surface area contributed by atoms with Gasteiger partial charge in [-0.3, -0.25) is 4.68 Å². The van der Waals surface area contributed by atoms with E-state index in [4.69, 9.17) is 0 Å². The molecule has 1 aliphatic heterocycles. The Morgan fingerprint density at radius 3 is 2.36 bits per heavy atom. The molecule has 2 aromatic rings. The third kappa shape index (κ3) is 5.48. The average Bonchev–Trinajstić information content (AvgIpc) is 3.53. The van der Waals surface area contributed by atoms with Crippen LogP contribution in [0.15, 0.2) is 18.5 Å². The molecule has 3 aliphatic rings. The van der Waals surface area contributed by atoms with Crippen LogP contribution in [0.4, 0.5) is 16.2 Å². The van der Waals surface area contributed by atoms with Gasteiger partial charge in [0.25, 0.3) is 0 Å². The van der Waals surface area contributed by atoms with E-state index in [2.05, 4.69) is 26.1 Å². The van der Waals surface area contributed by atoms with Crippen molar-refractivity contribution in [3.05, 3.63) is 40.7 Å². The SMILES string of the molecule is CC(C)n1cc(N(C2CCCN(C)C2)S(=O)(=O)NC(=O)Nc2c3c(cc4c2CCC4)CCC3)cn1.[NaH]. The predicted octanol–water partition coefficient (Wildman–Crippen LogP) is 2.76. The Morgan fingerprint density at radius 1 is 1.11 bits per heavy atom. The fourth-order valence-corrected chi connectivity index (χ4v) is 7.19. The summed E-state index contributed by atoms with van der Waals surface area (Å²) in [5.74, 6) is 0. The summed E-state index contributed by atoms with van der Waals surface area (Å²) in [6.07, 6.45) is 10.9. The molecule has 36 heavy (non-hydrogen) atoms. The second-order valence-corrected chi connectivity index (χ2v) is 12.0. The molecule has 0 bridgehead atoms. The summed E-state index contributed by atoms with van der Waals surface area (Å²) in [4.78, 5) is 15.3. The molecular weight excluding hydrogens is 487 g/mol. The zero-order valence-electron chi connectivity index (χ0n) is 20.9. The first-order chi connectivity index (χ1) is 16.7. The molecule has 1 unspecified atom stereocenters. The average molecular weight is 525 g/mol. The number of piperidine rings is 1. The number of anilines is 2. The van der Waals surface area contributed by atoms with Crippen LogP contribution in [0.3, 0.4) is 0 Å². The Kier molecular flexibility index (Phi) is 8.41. The molecule has 5 rings (SSSR count). The zero-order valence-corrected chi connectivity index (χ0v) is 21.7. The number of nitrogens with zero attached hydrogens (tertiary/aromatic N) is 4.